The summed E-state index contributed by atoms with van der Waals surface area (Å²) >= 11 is 0. The summed E-state index contributed by atoms with van der Waals surface area (Å²) in [5, 5.41) is 0. The van der Waals surface area contributed by atoms with Crippen molar-refractivity contribution in [3.05, 3.63) is 35.9 Å². The Morgan fingerprint density at radius 3 is 2.43 bits per heavy atom. The molecule has 1 aromatic carbocycles. The molecule has 0 bridgehead atoms. The fraction of sp³-hybridized carbons (Fsp3) is 0.273. The summed E-state index contributed by atoms with van der Waals surface area (Å²) < 4.78 is 4.67. The number of ketones is 1. The standard InChI is InChI=1S/C11H12O3/c1-2-14-11(13)8-10(12)9-6-4-3-5-7-9/h3-7H,2,8H2,1H3/i8+1. The quantitative estimate of drug-likeness (QED) is 0.317. The Hall–Kier alpha value is -1.64. The van der Waals surface area contributed by atoms with Gasteiger partial charge in [0.05, 0.1) is 6.61 Å². The predicted molar refractivity (Wildman–Crippen MR) is 52.0 cm³/mol. The van der Waals surface area contributed by atoms with Crippen LogP contribution in [0.2, 0.25) is 0 Å². The molecule has 1 rings (SSSR count). The van der Waals surface area contributed by atoms with E-state index in [1.807, 2.05) is 6.07 Å². The van der Waals surface area contributed by atoms with Crippen LogP contribution in [-0.4, -0.2) is 18.4 Å². The number of esters is 1. The van der Waals surface area contributed by atoms with Crippen molar-refractivity contribution in [3.63, 3.8) is 0 Å². The first kappa shape index (κ1) is 10.4. The van der Waals surface area contributed by atoms with E-state index in [1.54, 1.807) is 31.2 Å². The minimum absolute atomic E-state index is 0.183. The van der Waals surface area contributed by atoms with Gasteiger partial charge in [0.15, 0.2) is 5.78 Å². The second-order valence-electron chi connectivity index (χ2n) is 2.77. The lowest BCUT2D eigenvalue weighted by molar-refractivity contribution is -0.141. The average Bonchev–Trinajstić information content (AvgIpc) is 2.19. The van der Waals surface area contributed by atoms with E-state index in [9.17, 15) is 9.59 Å². The van der Waals surface area contributed by atoms with Gasteiger partial charge in [0.25, 0.3) is 0 Å². The van der Waals surface area contributed by atoms with E-state index >= 15 is 0 Å². The Morgan fingerprint density at radius 1 is 1.21 bits per heavy atom. The van der Waals surface area contributed by atoms with Crippen LogP contribution in [0.3, 0.4) is 0 Å². The van der Waals surface area contributed by atoms with Crippen molar-refractivity contribution in [2.24, 2.45) is 0 Å². The Balaban J connectivity index is 2.55. The molecule has 0 unspecified atom stereocenters. The third-order valence-corrected chi connectivity index (χ3v) is 1.71. The zero-order valence-electron chi connectivity index (χ0n) is 8.03. The van der Waals surface area contributed by atoms with Crippen LogP contribution in [0.4, 0.5) is 0 Å². The lowest BCUT2D eigenvalue weighted by Crippen LogP contribution is -2.11. The van der Waals surface area contributed by atoms with Gasteiger partial charge in [-0.15, -0.1) is 0 Å². The van der Waals surface area contributed by atoms with Crippen molar-refractivity contribution >= 4 is 11.8 Å². The van der Waals surface area contributed by atoms with Gasteiger partial charge in [0.1, 0.15) is 6.42 Å². The largest absolute Gasteiger partial charge is 0.466 e. The summed E-state index contributed by atoms with van der Waals surface area (Å²) in [6.45, 7) is 2.02. The van der Waals surface area contributed by atoms with E-state index in [0.717, 1.165) is 0 Å². The van der Waals surface area contributed by atoms with Crippen LogP contribution in [0.5, 0.6) is 0 Å². The molecule has 3 nitrogen and oxygen atoms in total. The van der Waals surface area contributed by atoms with Crippen molar-refractivity contribution in [3.8, 4) is 0 Å². The van der Waals surface area contributed by atoms with E-state index in [2.05, 4.69) is 4.74 Å². The van der Waals surface area contributed by atoms with Gasteiger partial charge in [0.2, 0.25) is 0 Å². The summed E-state index contributed by atoms with van der Waals surface area (Å²) in [6, 6.07) is 8.71. The minimum atomic E-state index is -0.471. The predicted octanol–water partition coefficient (Wildman–Crippen LogP) is 1.82. The van der Waals surface area contributed by atoms with Gasteiger partial charge >= 0.3 is 5.97 Å². The summed E-state index contributed by atoms with van der Waals surface area (Å²) in [5.41, 5.74) is 0.542. The summed E-state index contributed by atoms with van der Waals surface area (Å²) in [6.07, 6.45) is -0.183. The molecule has 0 atom stereocenters. The van der Waals surface area contributed by atoms with E-state index in [1.165, 1.54) is 0 Å². The third-order valence-electron chi connectivity index (χ3n) is 1.71. The van der Waals surface area contributed by atoms with Crippen LogP contribution in [0.1, 0.15) is 23.7 Å². The molecule has 0 aliphatic carbocycles. The first-order chi connectivity index (χ1) is 6.74. The summed E-state index contributed by atoms with van der Waals surface area (Å²) in [4.78, 5) is 22.4. The van der Waals surface area contributed by atoms with Crippen LogP contribution < -0.4 is 0 Å². The maximum absolute atomic E-state index is 11.4. The van der Waals surface area contributed by atoms with Gasteiger partial charge in [0, 0.05) is 5.56 Å². The lowest BCUT2D eigenvalue weighted by Gasteiger charge is -2.00. The highest BCUT2D eigenvalue weighted by Gasteiger charge is 2.11. The Kier molecular flexibility index (Phi) is 3.85. The highest BCUT2D eigenvalue weighted by atomic mass is 16.5. The molecule has 14 heavy (non-hydrogen) atoms. The number of carbonyl (C=O) groups is 2. The van der Waals surface area contributed by atoms with Gasteiger partial charge in [-0.3, -0.25) is 9.59 Å². The first-order valence-electron chi connectivity index (χ1n) is 4.48. The Bertz CT molecular complexity index is 317. The second kappa shape index (κ2) is 5.17. The number of rotatable bonds is 4. The molecule has 0 radical (unpaired) electrons. The van der Waals surface area contributed by atoms with Gasteiger partial charge in [-0.25, -0.2) is 0 Å². The maximum Gasteiger partial charge on any atom is 0.313 e. The summed E-state index contributed by atoms with van der Waals surface area (Å²) in [5.74, 6) is -0.676. The molecular weight excluding hydrogens is 181 g/mol. The molecule has 3 heteroatoms. The zero-order valence-corrected chi connectivity index (χ0v) is 8.03. The van der Waals surface area contributed by atoms with E-state index in [0.29, 0.717) is 12.2 Å². The molecule has 1 aromatic rings. The van der Waals surface area contributed by atoms with Crippen molar-refractivity contribution < 1.29 is 14.3 Å². The molecule has 0 spiro atoms. The highest BCUT2D eigenvalue weighted by molar-refractivity contribution is 6.05. The summed E-state index contributed by atoms with van der Waals surface area (Å²) in [7, 11) is 0. The van der Waals surface area contributed by atoms with Crippen LogP contribution in [-0.2, 0) is 9.53 Å². The van der Waals surface area contributed by atoms with Crippen molar-refractivity contribution in [2.75, 3.05) is 6.61 Å². The van der Waals surface area contributed by atoms with Crippen molar-refractivity contribution in [2.45, 2.75) is 13.3 Å². The minimum Gasteiger partial charge on any atom is -0.466 e. The Morgan fingerprint density at radius 2 is 1.86 bits per heavy atom. The second-order valence-corrected chi connectivity index (χ2v) is 2.77. The molecule has 0 heterocycles. The van der Waals surface area contributed by atoms with Gasteiger partial charge in [-0.1, -0.05) is 30.3 Å². The fourth-order valence-corrected chi connectivity index (χ4v) is 1.07. The Labute approximate surface area is 82.7 Å². The number of ether oxygens (including phenoxy) is 1. The van der Waals surface area contributed by atoms with Crippen LogP contribution >= 0.6 is 0 Å². The SMILES string of the molecule is CCOC(=O)[13CH2]C(=O)c1ccccc1. The van der Waals surface area contributed by atoms with E-state index in [-0.39, 0.29) is 12.2 Å². The lowest BCUT2D eigenvalue weighted by atomic mass is 10.2. The molecule has 0 aliphatic rings. The topological polar surface area (TPSA) is 43.4 Å². The van der Waals surface area contributed by atoms with Gasteiger partial charge < -0.3 is 4.74 Å². The average molecular weight is 193 g/mol. The third kappa shape index (κ3) is 3.01. The molecule has 0 aliphatic heterocycles. The first-order valence-corrected chi connectivity index (χ1v) is 4.48. The van der Waals surface area contributed by atoms with Crippen LogP contribution in [0, 0.1) is 0 Å². The fourth-order valence-electron chi connectivity index (χ4n) is 1.07. The van der Waals surface area contributed by atoms with Crippen LogP contribution in [0.15, 0.2) is 30.3 Å². The molecule has 0 fully saturated rings. The highest BCUT2D eigenvalue weighted by Crippen LogP contribution is 2.03. The molecular formula is C11H12O3. The molecule has 0 N–H and O–H groups in total. The van der Waals surface area contributed by atoms with Crippen molar-refractivity contribution in [1.82, 2.24) is 0 Å². The van der Waals surface area contributed by atoms with E-state index in [4.69, 9.17) is 0 Å². The molecule has 0 saturated heterocycles. The number of Topliss-reactive ketones (excluding diaryl/α,β-unsaturated/α-hetero) is 1. The zero-order chi connectivity index (χ0) is 10.4. The molecule has 74 valence electrons. The molecule has 0 amide bonds. The maximum atomic E-state index is 11.4. The molecule has 0 aromatic heterocycles. The number of hydrogen-bond acceptors (Lipinski definition) is 3. The normalized spacial score (nSPS) is 9.50. The number of benzene rings is 1. The van der Waals surface area contributed by atoms with Gasteiger partial charge in [-0.2, -0.15) is 0 Å². The van der Waals surface area contributed by atoms with Gasteiger partial charge in [-0.05, 0) is 6.92 Å². The monoisotopic (exact) mass is 193 g/mol. The van der Waals surface area contributed by atoms with E-state index < -0.39 is 5.97 Å². The number of hydrogen-bond donors (Lipinski definition) is 0. The van der Waals surface area contributed by atoms with Crippen LogP contribution in [0.25, 0.3) is 0 Å². The number of carbonyl (C=O) groups excluding carboxylic acids is 2. The smallest absolute Gasteiger partial charge is 0.313 e. The van der Waals surface area contributed by atoms with Crippen molar-refractivity contribution in [1.29, 1.82) is 0 Å². The molecule has 0 saturated carbocycles.